The van der Waals surface area contributed by atoms with E-state index in [0.717, 1.165) is 5.56 Å². The van der Waals surface area contributed by atoms with E-state index in [9.17, 15) is 9.59 Å². The van der Waals surface area contributed by atoms with Gasteiger partial charge in [0.1, 0.15) is 5.75 Å². The molecule has 0 saturated carbocycles. The van der Waals surface area contributed by atoms with Crippen molar-refractivity contribution < 1.29 is 14.3 Å². The first kappa shape index (κ1) is 16.6. The van der Waals surface area contributed by atoms with Crippen molar-refractivity contribution in [2.75, 3.05) is 7.11 Å². The van der Waals surface area contributed by atoms with E-state index >= 15 is 0 Å². The number of amides is 2. The van der Waals surface area contributed by atoms with Crippen LogP contribution in [-0.2, 0) is 4.79 Å². The molecule has 0 unspecified atom stereocenters. The third kappa shape index (κ3) is 4.86. The quantitative estimate of drug-likeness (QED) is 0.669. The number of ether oxygens (including phenoxy) is 1. The summed E-state index contributed by atoms with van der Waals surface area (Å²) in [5, 5.41) is 0.311. The molecule has 0 bridgehead atoms. The van der Waals surface area contributed by atoms with Gasteiger partial charge in [-0.05, 0) is 35.9 Å². The van der Waals surface area contributed by atoms with Gasteiger partial charge in [-0.3, -0.25) is 20.4 Å². The number of benzene rings is 2. The zero-order valence-corrected chi connectivity index (χ0v) is 13.1. The van der Waals surface area contributed by atoms with Gasteiger partial charge < -0.3 is 4.74 Å². The maximum absolute atomic E-state index is 11.9. The van der Waals surface area contributed by atoms with Gasteiger partial charge >= 0.3 is 0 Å². The molecule has 118 valence electrons. The predicted molar refractivity (Wildman–Crippen MR) is 89.1 cm³/mol. The lowest BCUT2D eigenvalue weighted by atomic mass is 10.2. The normalized spacial score (nSPS) is 10.3. The van der Waals surface area contributed by atoms with E-state index in [1.807, 2.05) is 12.1 Å². The first-order valence-electron chi connectivity index (χ1n) is 6.77. The molecule has 0 aliphatic carbocycles. The van der Waals surface area contributed by atoms with Gasteiger partial charge in [-0.2, -0.15) is 0 Å². The van der Waals surface area contributed by atoms with Crippen LogP contribution in [0.4, 0.5) is 0 Å². The number of carbonyl (C=O) groups is 2. The second kappa shape index (κ2) is 8.00. The standard InChI is InChI=1S/C17H15ClN2O3/c1-23-13-6-4-5-12(11-13)9-10-16(21)19-20-17(22)14-7-2-3-8-15(14)18/h2-11H,1H3,(H,19,21)(H,20,22)/b10-9+. The lowest BCUT2D eigenvalue weighted by Gasteiger charge is -2.06. The van der Waals surface area contributed by atoms with Gasteiger partial charge in [0.25, 0.3) is 11.8 Å². The zero-order chi connectivity index (χ0) is 16.7. The minimum atomic E-state index is -0.487. The molecule has 2 amide bonds. The van der Waals surface area contributed by atoms with Crippen LogP contribution in [0.25, 0.3) is 6.08 Å². The number of methoxy groups -OCH3 is 1. The highest BCUT2D eigenvalue weighted by Crippen LogP contribution is 2.14. The second-order valence-corrected chi connectivity index (χ2v) is 4.94. The Hall–Kier alpha value is -2.79. The van der Waals surface area contributed by atoms with Crippen molar-refractivity contribution in [2.24, 2.45) is 0 Å². The molecule has 2 aromatic rings. The van der Waals surface area contributed by atoms with E-state index in [4.69, 9.17) is 16.3 Å². The van der Waals surface area contributed by atoms with Gasteiger partial charge in [0.05, 0.1) is 17.7 Å². The zero-order valence-electron chi connectivity index (χ0n) is 12.4. The van der Waals surface area contributed by atoms with Crippen LogP contribution in [0.15, 0.2) is 54.6 Å². The van der Waals surface area contributed by atoms with E-state index < -0.39 is 11.8 Å². The van der Waals surface area contributed by atoms with Crippen molar-refractivity contribution in [1.29, 1.82) is 0 Å². The first-order chi connectivity index (χ1) is 11.1. The number of hydrazine groups is 1. The minimum Gasteiger partial charge on any atom is -0.497 e. The van der Waals surface area contributed by atoms with E-state index in [1.54, 1.807) is 49.6 Å². The van der Waals surface area contributed by atoms with Gasteiger partial charge in [0.2, 0.25) is 0 Å². The van der Waals surface area contributed by atoms with Gasteiger partial charge in [0, 0.05) is 6.08 Å². The maximum Gasteiger partial charge on any atom is 0.271 e. The molecule has 6 heteroatoms. The lowest BCUT2D eigenvalue weighted by Crippen LogP contribution is -2.40. The number of rotatable bonds is 4. The first-order valence-corrected chi connectivity index (χ1v) is 7.15. The van der Waals surface area contributed by atoms with Crippen LogP contribution in [0.1, 0.15) is 15.9 Å². The molecule has 0 radical (unpaired) electrons. The highest BCUT2D eigenvalue weighted by Gasteiger charge is 2.09. The Morgan fingerprint density at radius 2 is 1.87 bits per heavy atom. The average Bonchev–Trinajstić information content (AvgIpc) is 2.58. The van der Waals surface area contributed by atoms with Gasteiger partial charge in [-0.25, -0.2) is 0 Å². The van der Waals surface area contributed by atoms with E-state index in [2.05, 4.69) is 10.9 Å². The smallest absolute Gasteiger partial charge is 0.271 e. The van der Waals surface area contributed by atoms with Crippen molar-refractivity contribution in [3.63, 3.8) is 0 Å². The van der Waals surface area contributed by atoms with Crippen molar-refractivity contribution in [3.8, 4) is 5.75 Å². The molecule has 23 heavy (non-hydrogen) atoms. The fourth-order valence-corrected chi connectivity index (χ4v) is 2.01. The Morgan fingerprint density at radius 1 is 1.09 bits per heavy atom. The molecule has 0 aliphatic heterocycles. The molecule has 2 rings (SSSR count). The van der Waals surface area contributed by atoms with Crippen LogP contribution in [0.5, 0.6) is 5.75 Å². The minimum absolute atomic E-state index is 0.284. The van der Waals surface area contributed by atoms with Crippen LogP contribution in [0, 0.1) is 0 Å². The Labute approximate surface area is 138 Å². The highest BCUT2D eigenvalue weighted by atomic mass is 35.5. The molecule has 0 fully saturated rings. The van der Waals surface area contributed by atoms with Crippen LogP contribution >= 0.6 is 11.6 Å². The molecule has 0 aliphatic rings. The summed E-state index contributed by atoms with van der Waals surface area (Å²) in [6.07, 6.45) is 2.92. The van der Waals surface area contributed by atoms with Crippen molar-refractivity contribution >= 4 is 29.5 Å². The summed E-state index contributed by atoms with van der Waals surface area (Å²) in [5.74, 6) is -0.258. The summed E-state index contributed by atoms with van der Waals surface area (Å²) < 4.78 is 5.10. The van der Waals surface area contributed by atoms with Gasteiger partial charge in [0.15, 0.2) is 0 Å². The fourth-order valence-electron chi connectivity index (χ4n) is 1.79. The summed E-state index contributed by atoms with van der Waals surface area (Å²) in [4.78, 5) is 23.6. The molecule has 5 nitrogen and oxygen atoms in total. The molecule has 2 N–H and O–H groups in total. The summed E-state index contributed by atoms with van der Waals surface area (Å²) in [5.41, 5.74) is 5.68. The van der Waals surface area contributed by atoms with Crippen LogP contribution in [0.3, 0.4) is 0 Å². The Bertz CT molecular complexity index is 744. The summed E-state index contributed by atoms with van der Waals surface area (Å²) in [6, 6.07) is 13.8. The molecule has 0 spiro atoms. The Kier molecular flexibility index (Phi) is 5.77. The third-order valence-electron chi connectivity index (χ3n) is 2.94. The summed E-state index contributed by atoms with van der Waals surface area (Å²) in [7, 11) is 1.57. The van der Waals surface area contributed by atoms with Crippen molar-refractivity contribution in [2.45, 2.75) is 0 Å². The molecular formula is C17H15ClN2O3. The van der Waals surface area contributed by atoms with E-state index in [-0.39, 0.29) is 5.56 Å². The molecule has 0 atom stereocenters. The number of carbonyl (C=O) groups excluding carboxylic acids is 2. The number of hydrogen-bond donors (Lipinski definition) is 2. The Balaban J connectivity index is 1.91. The SMILES string of the molecule is COc1cccc(/C=C/C(=O)NNC(=O)c2ccccc2Cl)c1. The van der Waals surface area contributed by atoms with Crippen LogP contribution < -0.4 is 15.6 Å². The largest absolute Gasteiger partial charge is 0.497 e. The molecule has 0 aromatic heterocycles. The molecule has 0 saturated heterocycles. The third-order valence-corrected chi connectivity index (χ3v) is 3.27. The summed E-state index contributed by atoms with van der Waals surface area (Å²) in [6.45, 7) is 0. The van der Waals surface area contributed by atoms with Gasteiger partial charge in [-0.15, -0.1) is 0 Å². The second-order valence-electron chi connectivity index (χ2n) is 4.53. The van der Waals surface area contributed by atoms with E-state index in [1.165, 1.54) is 6.08 Å². The monoisotopic (exact) mass is 330 g/mol. The number of hydrogen-bond acceptors (Lipinski definition) is 3. The average molecular weight is 331 g/mol. The fraction of sp³-hybridized carbons (Fsp3) is 0.0588. The topological polar surface area (TPSA) is 67.4 Å². The van der Waals surface area contributed by atoms with Crippen LogP contribution in [-0.4, -0.2) is 18.9 Å². The van der Waals surface area contributed by atoms with E-state index in [0.29, 0.717) is 10.8 Å². The van der Waals surface area contributed by atoms with Crippen molar-refractivity contribution in [3.05, 3.63) is 70.8 Å². The summed E-state index contributed by atoms with van der Waals surface area (Å²) >= 11 is 5.90. The molecule has 2 aromatic carbocycles. The lowest BCUT2D eigenvalue weighted by molar-refractivity contribution is -0.117. The molecule has 0 heterocycles. The van der Waals surface area contributed by atoms with Gasteiger partial charge in [-0.1, -0.05) is 35.9 Å². The predicted octanol–water partition coefficient (Wildman–Crippen LogP) is 2.82. The Morgan fingerprint density at radius 3 is 2.61 bits per heavy atom. The highest BCUT2D eigenvalue weighted by molar-refractivity contribution is 6.33. The molecular weight excluding hydrogens is 316 g/mol. The number of halogens is 1. The van der Waals surface area contributed by atoms with Crippen LogP contribution in [0.2, 0.25) is 5.02 Å². The van der Waals surface area contributed by atoms with Crippen molar-refractivity contribution in [1.82, 2.24) is 10.9 Å². The maximum atomic E-state index is 11.9. The number of nitrogens with one attached hydrogen (secondary N) is 2.